The molecule has 0 spiro atoms. The van der Waals surface area contributed by atoms with Crippen molar-refractivity contribution in [1.82, 2.24) is 0 Å². The van der Waals surface area contributed by atoms with Crippen LogP contribution in [0.3, 0.4) is 0 Å². The first kappa shape index (κ1) is 20.2. The van der Waals surface area contributed by atoms with Crippen molar-refractivity contribution in [3.63, 3.8) is 0 Å². The van der Waals surface area contributed by atoms with Gasteiger partial charge in [0.15, 0.2) is 19.6 Å². The molecule has 1 aliphatic carbocycles. The SMILES string of the molecule is O=S(=O)(c1ccc(C[S+](c2ccccc2)c2ccccc2)cc1)C1CCCCC1. The molecule has 0 aliphatic heterocycles. The van der Waals surface area contributed by atoms with Gasteiger partial charge in [-0.1, -0.05) is 67.8 Å². The van der Waals surface area contributed by atoms with Crippen molar-refractivity contribution in [2.75, 3.05) is 0 Å². The molecule has 0 atom stereocenters. The molecule has 3 aromatic carbocycles. The molecule has 4 rings (SSSR count). The van der Waals surface area contributed by atoms with E-state index in [9.17, 15) is 8.42 Å². The number of sulfone groups is 1. The van der Waals surface area contributed by atoms with Crippen molar-refractivity contribution in [3.05, 3.63) is 90.5 Å². The van der Waals surface area contributed by atoms with Crippen LogP contribution in [-0.2, 0) is 26.5 Å². The fraction of sp³-hybridized carbons (Fsp3) is 0.280. The molecule has 0 aromatic heterocycles. The fourth-order valence-electron chi connectivity index (χ4n) is 3.98. The van der Waals surface area contributed by atoms with Gasteiger partial charge < -0.3 is 0 Å². The van der Waals surface area contributed by atoms with Gasteiger partial charge in [-0.25, -0.2) is 8.42 Å². The van der Waals surface area contributed by atoms with Crippen LogP contribution in [-0.4, -0.2) is 13.7 Å². The van der Waals surface area contributed by atoms with Crippen LogP contribution in [0.5, 0.6) is 0 Å². The van der Waals surface area contributed by atoms with Crippen LogP contribution in [0.1, 0.15) is 37.7 Å². The van der Waals surface area contributed by atoms with Gasteiger partial charge in [-0.3, -0.25) is 0 Å². The summed E-state index contributed by atoms with van der Waals surface area (Å²) < 4.78 is 25.9. The molecule has 1 saturated carbocycles. The van der Waals surface area contributed by atoms with Gasteiger partial charge >= 0.3 is 0 Å². The Morgan fingerprint density at radius 1 is 0.690 bits per heavy atom. The second-order valence-electron chi connectivity index (χ2n) is 7.61. The molecular weight excluding hydrogens is 396 g/mol. The van der Waals surface area contributed by atoms with E-state index in [0.717, 1.165) is 37.9 Å². The topological polar surface area (TPSA) is 34.1 Å². The van der Waals surface area contributed by atoms with E-state index in [-0.39, 0.29) is 16.1 Å². The first-order valence-corrected chi connectivity index (χ1v) is 13.2. The monoisotopic (exact) mass is 423 g/mol. The summed E-state index contributed by atoms with van der Waals surface area (Å²) in [4.78, 5) is 3.09. The van der Waals surface area contributed by atoms with Crippen molar-refractivity contribution in [2.24, 2.45) is 0 Å². The Morgan fingerprint density at radius 2 is 1.21 bits per heavy atom. The Balaban J connectivity index is 1.58. The molecule has 4 heteroatoms. The summed E-state index contributed by atoms with van der Waals surface area (Å²) in [6.07, 6.45) is 4.81. The van der Waals surface area contributed by atoms with E-state index in [0.29, 0.717) is 4.90 Å². The summed E-state index contributed by atoms with van der Waals surface area (Å²) in [7, 11) is -3.29. The second-order valence-corrected chi connectivity index (χ2v) is 11.9. The minimum absolute atomic E-state index is 0.0837. The van der Waals surface area contributed by atoms with Crippen LogP contribution >= 0.6 is 0 Å². The molecule has 1 fully saturated rings. The maximum absolute atomic E-state index is 13.0. The third kappa shape index (κ3) is 4.76. The number of benzene rings is 3. The summed E-state index contributed by atoms with van der Waals surface area (Å²) >= 11 is 0. The maximum atomic E-state index is 13.0. The third-order valence-corrected chi connectivity index (χ3v) is 10.2. The van der Waals surface area contributed by atoms with E-state index in [1.54, 1.807) is 0 Å². The highest BCUT2D eigenvalue weighted by Crippen LogP contribution is 2.30. The van der Waals surface area contributed by atoms with Gasteiger partial charge in [0, 0.05) is 5.56 Å². The zero-order valence-electron chi connectivity index (χ0n) is 16.5. The summed E-state index contributed by atoms with van der Waals surface area (Å²) in [5.41, 5.74) is 1.17. The first-order chi connectivity index (χ1) is 14.1. The highest BCUT2D eigenvalue weighted by molar-refractivity contribution is 7.96. The Hall–Kier alpha value is -2.04. The van der Waals surface area contributed by atoms with E-state index in [2.05, 4.69) is 48.5 Å². The number of rotatable bonds is 6. The van der Waals surface area contributed by atoms with Crippen LogP contribution in [0.4, 0.5) is 0 Å². The molecular formula is C25H27O2S2+. The summed E-state index contributed by atoms with van der Waals surface area (Å²) in [6, 6.07) is 28.8. The van der Waals surface area contributed by atoms with Crippen molar-refractivity contribution in [2.45, 2.75) is 57.8 Å². The van der Waals surface area contributed by atoms with Crippen molar-refractivity contribution < 1.29 is 8.42 Å². The molecule has 2 nitrogen and oxygen atoms in total. The molecule has 0 saturated heterocycles. The molecule has 1 aliphatic rings. The van der Waals surface area contributed by atoms with E-state index in [4.69, 9.17) is 0 Å². The van der Waals surface area contributed by atoms with Crippen LogP contribution in [0.15, 0.2) is 99.6 Å². The lowest BCUT2D eigenvalue weighted by Crippen LogP contribution is -2.24. The number of hydrogen-bond donors (Lipinski definition) is 0. The Labute approximate surface area is 177 Å². The minimum atomic E-state index is -3.21. The Kier molecular flexibility index (Phi) is 6.41. The van der Waals surface area contributed by atoms with E-state index >= 15 is 0 Å². The van der Waals surface area contributed by atoms with Crippen molar-refractivity contribution >= 4 is 20.7 Å². The highest BCUT2D eigenvalue weighted by Gasteiger charge is 2.29. The predicted molar refractivity (Wildman–Crippen MR) is 121 cm³/mol. The van der Waals surface area contributed by atoms with E-state index in [1.165, 1.54) is 15.4 Å². The Bertz CT molecular complexity index is 968. The van der Waals surface area contributed by atoms with Gasteiger partial charge in [-0.15, -0.1) is 0 Å². The standard InChI is InChI=1S/C25H27O2S2/c26-29(27,24-14-8-3-9-15-24)25-18-16-21(17-19-25)20-28(22-10-4-1-5-11-22)23-12-6-2-7-13-23/h1-2,4-7,10-13,16-19,24H,3,8-9,14-15,20H2/q+1. The normalized spacial score (nSPS) is 15.5. The van der Waals surface area contributed by atoms with E-state index in [1.807, 2.05) is 36.4 Å². The van der Waals surface area contributed by atoms with Crippen molar-refractivity contribution in [3.8, 4) is 0 Å². The first-order valence-electron chi connectivity index (χ1n) is 10.3. The molecule has 0 N–H and O–H groups in total. The van der Waals surface area contributed by atoms with Gasteiger partial charge in [0.25, 0.3) is 0 Å². The zero-order valence-corrected chi connectivity index (χ0v) is 18.2. The Morgan fingerprint density at radius 3 is 1.72 bits per heavy atom. The van der Waals surface area contributed by atoms with Crippen LogP contribution in [0.2, 0.25) is 0 Å². The third-order valence-electron chi connectivity index (χ3n) is 5.61. The van der Waals surface area contributed by atoms with E-state index < -0.39 is 9.84 Å². The molecule has 0 amide bonds. The molecule has 0 heterocycles. The van der Waals surface area contributed by atoms with Crippen LogP contribution in [0.25, 0.3) is 0 Å². The zero-order chi connectivity index (χ0) is 20.1. The van der Waals surface area contributed by atoms with Crippen molar-refractivity contribution in [1.29, 1.82) is 0 Å². The second kappa shape index (κ2) is 9.19. The molecule has 0 radical (unpaired) electrons. The largest absolute Gasteiger partial charge is 0.223 e. The summed E-state index contributed by atoms with van der Waals surface area (Å²) in [5.74, 6) is 0.873. The van der Waals surface area contributed by atoms with Gasteiger partial charge in [-0.05, 0) is 49.2 Å². The summed E-state index contributed by atoms with van der Waals surface area (Å²) in [6.45, 7) is 0. The average Bonchev–Trinajstić information content (AvgIpc) is 2.79. The lowest BCUT2D eigenvalue weighted by atomic mass is 10.0. The minimum Gasteiger partial charge on any atom is -0.223 e. The van der Waals surface area contributed by atoms with Gasteiger partial charge in [0.2, 0.25) is 0 Å². The summed E-state index contributed by atoms with van der Waals surface area (Å²) in [5, 5.41) is -0.203. The number of hydrogen-bond acceptors (Lipinski definition) is 2. The van der Waals surface area contributed by atoms with Gasteiger partial charge in [0.1, 0.15) is 5.75 Å². The van der Waals surface area contributed by atoms with Crippen LogP contribution in [0, 0.1) is 0 Å². The predicted octanol–water partition coefficient (Wildman–Crippen LogP) is 6.03. The lowest BCUT2D eigenvalue weighted by molar-refractivity contribution is 0.483. The maximum Gasteiger partial charge on any atom is 0.181 e. The lowest BCUT2D eigenvalue weighted by Gasteiger charge is -2.21. The van der Waals surface area contributed by atoms with Gasteiger partial charge in [0.05, 0.1) is 21.0 Å². The average molecular weight is 424 g/mol. The van der Waals surface area contributed by atoms with Crippen LogP contribution < -0.4 is 0 Å². The quantitative estimate of drug-likeness (QED) is 0.454. The fourth-order valence-corrected chi connectivity index (χ4v) is 7.94. The molecule has 0 bridgehead atoms. The molecule has 3 aromatic rings. The molecule has 29 heavy (non-hydrogen) atoms. The molecule has 0 unspecified atom stereocenters. The highest BCUT2D eigenvalue weighted by atomic mass is 32.2. The molecule has 150 valence electrons. The smallest absolute Gasteiger partial charge is 0.181 e. The van der Waals surface area contributed by atoms with Gasteiger partial charge in [-0.2, -0.15) is 0 Å².